The van der Waals surface area contributed by atoms with Crippen LogP contribution in [-0.2, 0) is 20.9 Å². The molecule has 0 amide bonds. The van der Waals surface area contributed by atoms with Crippen LogP contribution < -0.4 is 4.74 Å². The van der Waals surface area contributed by atoms with Crippen LogP contribution in [0.1, 0.15) is 18.4 Å². The highest BCUT2D eigenvalue weighted by molar-refractivity contribution is 6.40. The summed E-state index contributed by atoms with van der Waals surface area (Å²) in [6.07, 6.45) is -0.302. The van der Waals surface area contributed by atoms with Gasteiger partial charge in [0.15, 0.2) is 5.75 Å². The number of rotatable bonds is 6. The van der Waals surface area contributed by atoms with Crippen molar-refractivity contribution < 1.29 is 19.1 Å². The first-order valence-electron chi connectivity index (χ1n) is 7.10. The Morgan fingerprint density at radius 3 is 1.96 bits per heavy atom. The molecule has 4 nitrogen and oxygen atoms in total. The predicted octanol–water partition coefficient (Wildman–Crippen LogP) is 5.73. The third-order valence-electron chi connectivity index (χ3n) is 3.03. The zero-order valence-corrected chi connectivity index (χ0v) is 15.8. The Morgan fingerprint density at radius 2 is 1.36 bits per heavy atom. The minimum atomic E-state index is -0.658. The third kappa shape index (κ3) is 6.40. The highest BCUT2D eigenvalue weighted by atomic mass is 35.5. The molecule has 0 saturated carbocycles. The molecule has 0 aliphatic rings. The van der Waals surface area contributed by atoms with E-state index in [9.17, 15) is 9.59 Å². The van der Waals surface area contributed by atoms with E-state index in [1.807, 2.05) is 0 Å². The Labute approximate surface area is 164 Å². The fraction of sp³-hybridized carbons (Fsp3) is 0.176. The lowest BCUT2D eigenvalue weighted by molar-refractivity contribution is -0.148. The van der Waals surface area contributed by atoms with Gasteiger partial charge in [-0.15, -0.1) is 0 Å². The zero-order chi connectivity index (χ0) is 18.4. The molecule has 0 saturated heterocycles. The van der Waals surface area contributed by atoms with Crippen molar-refractivity contribution in [1.82, 2.24) is 0 Å². The number of ether oxygens (including phenoxy) is 2. The normalized spacial score (nSPS) is 10.4. The maximum absolute atomic E-state index is 11.8. The van der Waals surface area contributed by atoms with Crippen LogP contribution in [0.4, 0.5) is 0 Å². The lowest BCUT2D eigenvalue weighted by Crippen LogP contribution is -2.12. The fourth-order valence-corrected chi connectivity index (χ4v) is 2.83. The standard InChI is InChI=1S/C17H12Cl4O4/c18-11-3-1-10(2-4-11)9-24-15(22)5-6-16(23)25-17-13(20)7-12(19)8-14(17)21/h1-4,7-8H,5-6,9H2. The van der Waals surface area contributed by atoms with Crippen molar-refractivity contribution >= 4 is 58.3 Å². The van der Waals surface area contributed by atoms with Crippen molar-refractivity contribution in [1.29, 1.82) is 0 Å². The summed E-state index contributed by atoms with van der Waals surface area (Å²) in [7, 11) is 0. The van der Waals surface area contributed by atoms with Crippen LogP contribution in [0.5, 0.6) is 5.75 Å². The minimum Gasteiger partial charge on any atom is -0.461 e. The van der Waals surface area contributed by atoms with Gasteiger partial charge in [0, 0.05) is 10.0 Å². The number of hydrogen-bond donors (Lipinski definition) is 0. The maximum Gasteiger partial charge on any atom is 0.311 e. The van der Waals surface area contributed by atoms with Crippen molar-refractivity contribution in [3.63, 3.8) is 0 Å². The van der Waals surface area contributed by atoms with Crippen LogP contribution in [0.15, 0.2) is 36.4 Å². The van der Waals surface area contributed by atoms with Gasteiger partial charge in [0.05, 0.1) is 22.9 Å². The number of esters is 2. The van der Waals surface area contributed by atoms with E-state index >= 15 is 0 Å². The molecule has 8 heteroatoms. The second-order valence-electron chi connectivity index (χ2n) is 4.96. The summed E-state index contributed by atoms with van der Waals surface area (Å²) in [6.45, 7) is 0.0971. The first kappa shape index (κ1) is 19.9. The van der Waals surface area contributed by atoms with Gasteiger partial charge in [-0.25, -0.2) is 0 Å². The maximum atomic E-state index is 11.8. The van der Waals surface area contributed by atoms with E-state index in [2.05, 4.69) is 0 Å². The second-order valence-corrected chi connectivity index (χ2v) is 6.65. The van der Waals surface area contributed by atoms with Gasteiger partial charge >= 0.3 is 11.9 Å². The number of carbonyl (C=O) groups excluding carboxylic acids is 2. The summed E-state index contributed by atoms with van der Waals surface area (Å²) < 4.78 is 10.1. The van der Waals surface area contributed by atoms with Gasteiger partial charge in [0.1, 0.15) is 6.61 Å². The van der Waals surface area contributed by atoms with Crippen molar-refractivity contribution in [2.75, 3.05) is 0 Å². The zero-order valence-electron chi connectivity index (χ0n) is 12.7. The van der Waals surface area contributed by atoms with Gasteiger partial charge in [0.25, 0.3) is 0 Å². The quantitative estimate of drug-likeness (QED) is 0.441. The van der Waals surface area contributed by atoms with Crippen LogP contribution >= 0.6 is 46.4 Å². The molecule has 132 valence electrons. The molecule has 0 bridgehead atoms. The number of halogens is 4. The summed E-state index contributed by atoms with van der Waals surface area (Å²) in [5.41, 5.74) is 0.792. The summed E-state index contributed by atoms with van der Waals surface area (Å²) in [6, 6.07) is 9.68. The fourth-order valence-electron chi connectivity index (χ4n) is 1.81. The van der Waals surface area contributed by atoms with Gasteiger partial charge in [0.2, 0.25) is 0 Å². The average Bonchev–Trinajstić information content (AvgIpc) is 2.55. The number of hydrogen-bond acceptors (Lipinski definition) is 4. The van der Waals surface area contributed by atoms with Crippen molar-refractivity contribution in [3.8, 4) is 5.75 Å². The summed E-state index contributed by atoms with van der Waals surface area (Å²) in [5, 5.41) is 1.13. The predicted molar refractivity (Wildman–Crippen MR) is 97.6 cm³/mol. The van der Waals surface area contributed by atoms with Gasteiger partial charge < -0.3 is 9.47 Å². The van der Waals surface area contributed by atoms with Crippen molar-refractivity contribution in [2.24, 2.45) is 0 Å². The molecule has 2 aromatic rings. The molecule has 0 radical (unpaired) electrons. The highest BCUT2D eigenvalue weighted by Gasteiger charge is 2.15. The molecule has 2 aromatic carbocycles. The second kappa shape index (κ2) is 9.30. The first-order valence-corrected chi connectivity index (χ1v) is 8.61. The van der Waals surface area contributed by atoms with Crippen LogP contribution in [0.2, 0.25) is 20.1 Å². The molecule has 0 fully saturated rings. The lowest BCUT2D eigenvalue weighted by atomic mass is 10.2. The molecule has 0 aromatic heterocycles. The highest BCUT2D eigenvalue weighted by Crippen LogP contribution is 2.36. The largest absolute Gasteiger partial charge is 0.461 e. The van der Waals surface area contributed by atoms with Crippen molar-refractivity contribution in [2.45, 2.75) is 19.4 Å². The molecule has 2 rings (SSSR count). The molecule has 0 spiro atoms. The Kier molecular flexibility index (Phi) is 7.38. The molecule has 0 heterocycles. The van der Waals surface area contributed by atoms with E-state index in [-0.39, 0.29) is 35.2 Å². The minimum absolute atomic E-state index is 0.00673. The monoisotopic (exact) mass is 420 g/mol. The van der Waals surface area contributed by atoms with Crippen LogP contribution in [0.3, 0.4) is 0 Å². The molecule has 0 unspecified atom stereocenters. The van der Waals surface area contributed by atoms with E-state index in [1.165, 1.54) is 12.1 Å². The van der Waals surface area contributed by atoms with Crippen LogP contribution in [0.25, 0.3) is 0 Å². The molecule has 0 aliphatic carbocycles. The summed E-state index contributed by atoms with van der Waals surface area (Å²) in [4.78, 5) is 23.5. The van der Waals surface area contributed by atoms with E-state index in [0.29, 0.717) is 10.0 Å². The molecule has 0 atom stereocenters. The van der Waals surface area contributed by atoms with Gasteiger partial charge in [-0.2, -0.15) is 0 Å². The third-order valence-corrected chi connectivity index (χ3v) is 4.06. The van der Waals surface area contributed by atoms with E-state index in [0.717, 1.165) is 5.56 Å². The molecular formula is C17H12Cl4O4. The number of carbonyl (C=O) groups is 2. The smallest absolute Gasteiger partial charge is 0.311 e. The van der Waals surface area contributed by atoms with E-state index < -0.39 is 11.9 Å². The SMILES string of the molecule is O=C(CCC(=O)Oc1c(Cl)cc(Cl)cc1Cl)OCc1ccc(Cl)cc1. The number of benzene rings is 2. The van der Waals surface area contributed by atoms with Gasteiger partial charge in [-0.3, -0.25) is 9.59 Å². The van der Waals surface area contributed by atoms with E-state index in [1.54, 1.807) is 24.3 Å². The van der Waals surface area contributed by atoms with E-state index in [4.69, 9.17) is 55.9 Å². The van der Waals surface area contributed by atoms with Crippen LogP contribution in [0, 0.1) is 0 Å². The molecular weight excluding hydrogens is 410 g/mol. The first-order chi connectivity index (χ1) is 11.8. The molecule has 0 N–H and O–H groups in total. The Balaban J connectivity index is 1.79. The van der Waals surface area contributed by atoms with Gasteiger partial charge in [-0.1, -0.05) is 58.5 Å². The Bertz CT molecular complexity index is 752. The van der Waals surface area contributed by atoms with Crippen molar-refractivity contribution in [3.05, 3.63) is 62.1 Å². The topological polar surface area (TPSA) is 52.6 Å². The molecule has 25 heavy (non-hydrogen) atoms. The summed E-state index contributed by atoms with van der Waals surface area (Å²) in [5.74, 6) is -1.18. The summed E-state index contributed by atoms with van der Waals surface area (Å²) >= 11 is 23.4. The Hall–Kier alpha value is -1.46. The average molecular weight is 422 g/mol. The Morgan fingerprint density at radius 1 is 0.800 bits per heavy atom. The van der Waals surface area contributed by atoms with Gasteiger partial charge in [-0.05, 0) is 29.8 Å². The molecule has 0 aliphatic heterocycles. The lowest BCUT2D eigenvalue weighted by Gasteiger charge is -2.09. The van der Waals surface area contributed by atoms with Crippen LogP contribution in [-0.4, -0.2) is 11.9 Å².